The highest BCUT2D eigenvalue weighted by atomic mass is 31.2. The molecule has 25 heavy (non-hydrogen) atoms. The van der Waals surface area contributed by atoms with Crippen molar-refractivity contribution in [3.8, 4) is 0 Å². The van der Waals surface area contributed by atoms with E-state index in [1.807, 2.05) is 0 Å². The molecule has 14 heteroatoms. The Morgan fingerprint density at radius 2 is 2.32 bits per heavy atom. The van der Waals surface area contributed by atoms with E-state index in [0.29, 0.717) is 17.6 Å². The summed E-state index contributed by atoms with van der Waals surface area (Å²) in [5.74, 6) is 0.230. The number of hydrogen-bond acceptors (Lipinski definition) is 10. The molecule has 3 rings (SSSR count). The van der Waals surface area contributed by atoms with Gasteiger partial charge in [0.1, 0.15) is 30.3 Å². The van der Waals surface area contributed by atoms with Gasteiger partial charge in [-0.25, -0.2) is 24.1 Å². The Morgan fingerprint density at radius 3 is 3.04 bits per heavy atom. The average Bonchev–Trinajstić information content (AvgIpc) is 3.18. The van der Waals surface area contributed by atoms with Crippen molar-refractivity contribution in [2.45, 2.75) is 24.9 Å². The number of rotatable bonds is 7. The van der Waals surface area contributed by atoms with Crippen molar-refractivity contribution in [1.82, 2.24) is 19.5 Å². The summed E-state index contributed by atoms with van der Waals surface area (Å²) in [5.41, 5.74) is 6.63. The molecule has 4 atom stereocenters. The van der Waals surface area contributed by atoms with E-state index in [1.54, 1.807) is 4.57 Å². The summed E-state index contributed by atoms with van der Waals surface area (Å²) < 4.78 is 43.9. The summed E-state index contributed by atoms with van der Waals surface area (Å²) in [4.78, 5) is 21.5. The maximum atomic E-state index is 11.4. The first-order valence-corrected chi connectivity index (χ1v) is 9.27. The zero-order valence-electron chi connectivity index (χ0n) is 13.0. The Morgan fingerprint density at radius 1 is 1.52 bits per heavy atom. The summed E-state index contributed by atoms with van der Waals surface area (Å²) in [6.45, 7) is -0.290. The maximum Gasteiger partial charge on any atom is 0.472 e. The number of nitrogens with zero attached hydrogens (tertiary/aromatic N) is 4. The highest BCUT2D eigenvalue weighted by molar-refractivity contribution is 7.47. The van der Waals surface area contributed by atoms with Crippen LogP contribution in [0.25, 0.3) is 11.2 Å². The first kappa shape index (κ1) is 18.3. The number of nitrogen functional groups attached to an aromatic ring is 1. The van der Waals surface area contributed by atoms with Crippen LogP contribution in [0.3, 0.4) is 0 Å². The van der Waals surface area contributed by atoms with Crippen LogP contribution < -0.4 is 5.73 Å². The van der Waals surface area contributed by atoms with Crippen LogP contribution in [-0.4, -0.2) is 50.3 Å². The maximum absolute atomic E-state index is 11.4. The van der Waals surface area contributed by atoms with Crippen molar-refractivity contribution in [2.75, 3.05) is 19.5 Å². The number of phosphoric acid groups is 1. The molecule has 0 bridgehead atoms. The van der Waals surface area contributed by atoms with Gasteiger partial charge in [0, 0.05) is 13.5 Å². The second-order valence-corrected chi connectivity index (χ2v) is 7.03. The van der Waals surface area contributed by atoms with E-state index in [1.165, 1.54) is 12.7 Å². The second-order valence-electron chi connectivity index (χ2n) is 5.11. The van der Waals surface area contributed by atoms with Gasteiger partial charge in [-0.05, 0) is 0 Å². The molecular weight excluding hydrogens is 376 g/mol. The van der Waals surface area contributed by atoms with E-state index in [0.717, 1.165) is 7.11 Å². The monoisotopic (exact) mass is 391 g/mol. The molecule has 0 radical (unpaired) electrons. The van der Waals surface area contributed by atoms with Crippen molar-refractivity contribution >= 4 is 33.5 Å². The van der Waals surface area contributed by atoms with Gasteiger partial charge in [0.2, 0.25) is 0 Å². The van der Waals surface area contributed by atoms with E-state index in [4.69, 9.17) is 19.5 Å². The minimum absolute atomic E-state index is 0.230. The van der Waals surface area contributed by atoms with E-state index >= 15 is 0 Å². The first-order valence-electron chi connectivity index (χ1n) is 7.05. The molecule has 3 N–H and O–H groups in total. The molecule has 1 aliphatic rings. The molecule has 3 heterocycles. The molecule has 2 aromatic heterocycles. The quantitative estimate of drug-likeness (QED) is 0.649. The molecule has 1 fully saturated rings. The first-order chi connectivity index (χ1) is 11.9. The van der Waals surface area contributed by atoms with Crippen LogP contribution in [0.2, 0.25) is 0 Å². The van der Waals surface area contributed by atoms with Crippen LogP contribution in [-0.2, 0) is 27.4 Å². The third kappa shape index (κ3) is 3.85. The van der Waals surface area contributed by atoms with E-state index in [9.17, 15) is 14.0 Å². The van der Waals surface area contributed by atoms with Crippen LogP contribution in [0.15, 0.2) is 12.7 Å². The summed E-state index contributed by atoms with van der Waals surface area (Å²) in [6.07, 6.45) is 1.12. The van der Waals surface area contributed by atoms with Crippen molar-refractivity contribution < 1.29 is 32.3 Å². The number of nitrogens with two attached hydrogens (primary N) is 1. The number of aromatic nitrogens is 4. The molecule has 1 saturated heterocycles. The Bertz CT molecular complexity index is 817. The van der Waals surface area contributed by atoms with Gasteiger partial charge in [0.05, 0.1) is 12.9 Å². The highest BCUT2D eigenvalue weighted by Gasteiger charge is 2.39. The van der Waals surface area contributed by atoms with E-state index in [2.05, 4.69) is 19.5 Å². The van der Waals surface area contributed by atoms with Crippen molar-refractivity contribution in [2.24, 2.45) is 0 Å². The van der Waals surface area contributed by atoms with E-state index in [-0.39, 0.29) is 12.4 Å². The fraction of sp³-hybridized carbons (Fsp3) is 0.545. The Balaban J connectivity index is 1.80. The molecule has 0 aromatic carbocycles. The third-order valence-corrected chi connectivity index (χ3v) is 4.98. The van der Waals surface area contributed by atoms with Crippen molar-refractivity contribution in [3.63, 3.8) is 0 Å². The van der Waals surface area contributed by atoms with Gasteiger partial charge >= 0.3 is 16.5 Å². The summed E-state index contributed by atoms with van der Waals surface area (Å²) >= 11 is 0. The molecule has 0 amide bonds. The van der Waals surface area contributed by atoms with Gasteiger partial charge in [-0.1, -0.05) is 0 Å². The lowest BCUT2D eigenvalue weighted by atomic mass is 10.2. The normalized spacial score (nSPS) is 26.2. The number of fused-ring (bicyclic) bond motifs is 1. The molecule has 0 aliphatic carbocycles. The van der Waals surface area contributed by atoms with Crippen LogP contribution in [0, 0.1) is 0 Å². The van der Waals surface area contributed by atoms with Crippen molar-refractivity contribution in [3.05, 3.63) is 12.7 Å². The zero-order valence-corrected chi connectivity index (χ0v) is 14.7. The summed E-state index contributed by atoms with van der Waals surface area (Å²) in [7, 11) is -3.67. The average molecular weight is 391 g/mol. The molecule has 2 aromatic rings. The number of ether oxygens (including phenoxy) is 1. The highest BCUT2D eigenvalue weighted by Crippen LogP contribution is 2.43. The van der Waals surface area contributed by atoms with Gasteiger partial charge in [-0.3, -0.25) is 18.1 Å². The predicted molar refractivity (Wildman–Crippen MR) is 83.5 cm³/mol. The molecule has 0 saturated carbocycles. The molecule has 0 spiro atoms. The molecule has 12 nitrogen and oxygen atoms in total. The lowest BCUT2D eigenvalue weighted by Crippen LogP contribution is -2.26. The number of imidazole rings is 1. The zero-order chi connectivity index (χ0) is 18.0. The largest absolute Gasteiger partial charge is 0.472 e. The Labute approximate surface area is 143 Å². The molecular formula is C11H15N5O7P2. The fourth-order valence-electron chi connectivity index (χ4n) is 2.49. The van der Waals surface area contributed by atoms with Crippen LogP contribution in [0.5, 0.6) is 0 Å². The van der Waals surface area contributed by atoms with Crippen LogP contribution >= 0.6 is 16.5 Å². The van der Waals surface area contributed by atoms with E-state index < -0.39 is 34.9 Å². The summed E-state index contributed by atoms with van der Waals surface area (Å²) in [6, 6.07) is 0. The smallest absolute Gasteiger partial charge is 0.382 e. The number of anilines is 1. The molecule has 1 aliphatic heterocycles. The lowest BCUT2D eigenvalue weighted by Gasteiger charge is -2.17. The van der Waals surface area contributed by atoms with Gasteiger partial charge in [0.15, 0.2) is 11.5 Å². The van der Waals surface area contributed by atoms with Gasteiger partial charge in [0.25, 0.3) is 0 Å². The molecule has 136 valence electrons. The standard InChI is InChI=1S/C11H15N5O7P2/c1-20-25(18,19)21-3-7-6(23-24-17)2-8(22-7)16-5-15-9-10(12)13-4-14-11(9)16/h4-8H,2-3H2,1H3,(H,18,19)(H2,12,13,14)/t6-,7+,8+/m1/s1. The fourth-order valence-corrected chi connectivity index (χ4v) is 3.26. The number of hydrogen-bond donors (Lipinski definition) is 2. The Kier molecular flexibility index (Phi) is 5.40. The van der Waals surface area contributed by atoms with Crippen molar-refractivity contribution in [1.29, 1.82) is 0 Å². The topological polar surface area (TPSA) is 161 Å². The van der Waals surface area contributed by atoms with Crippen LogP contribution in [0.1, 0.15) is 12.6 Å². The minimum Gasteiger partial charge on any atom is -0.382 e. The lowest BCUT2D eigenvalue weighted by molar-refractivity contribution is -0.0379. The number of phosphoric ester groups is 1. The second kappa shape index (κ2) is 7.38. The molecule has 1 unspecified atom stereocenters. The SMILES string of the molecule is COP(=O)(O)OC[C@@H]1O[C@H](n2cnc3c(N)ncnc32)C[C@H]1OP=O. The third-order valence-electron chi connectivity index (χ3n) is 3.69. The van der Waals surface area contributed by atoms with Crippen LogP contribution in [0.4, 0.5) is 5.82 Å². The van der Waals surface area contributed by atoms with Gasteiger partial charge in [-0.15, -0.1) is 0 Å². The van der Waals surface area contributed by atoms with Gasteiger partial charge < -0.3 is 15.4 Å². The van der Waals surface area contributed by atoms with Gasteiger partial charge in [-0.2, -0.15) is 0 Å². The minimum atomic E-state index is -4.17. The summed E-state index contributed by atoms with van der Waals surface area (Å²) in [5, 5.41) is 0. The predicted octanol–water partition coefficient (Wildman–Crippen LogP) is 1.05. The Hall–Kier alpha value is -1.52.